The van der Waals surface area contributed by atoms with E-state index in [2.05, 4.69) is 48.2 Å². The fourth-order valence-electron chi connectivity index (χ4n) is 2.72. The smallest absolute Gasteiger partial charge is 0.234 e. The van der Waals surface area contributed by atoms with E-state index in [1.165, 1.54) is 10.7 Å². The van der Waals surface area contributed by atoms with Gasteiger partial charge in [0.25, 0.3) is 0 Å². The summed E-state index contributed by atoms with van der Waals surface area (Å²) >= 11 is 1.76. The Balaban J connectivity index is 1.71. The normalized spacial score (nSPS) is 17.2. The molecule has 0 atom stereocenters. The Labute approximate surface area is 150 Å². The topological polar surface area (TPSA) is 48.5 Å². The molecule has 1 aliphatic heterocycles. The van der Waals surface area contributed by atoms with Gasteiger partial charge in [0, 0.05) is 50.1 Å². The highest BCUT2D eigenvalue weighted by molar-refractivity contribution is 7.09. The van der Waals surface area contributed by atoms with Gasteiger partial charge in [0.15, 0.2) is 0 Å². The van der Waals surface area contributed by atoms with Gasteiger partial charge in [0.05, 0.1) is 17.2 Å². The Bertz CT molecular complexity index is 515. The van der Waals surface area contributed by atoms with Crippen LogP contribution in [0.3, 0.4) is 0 Å². The second-order valence-electron chi connectivity index (χ2n) is 7.65. The summed E-state index contributed by atoms with van der Waals surface area (Å²) in [4.78, 5) is 21.4. The van der Waals surface area contributed by atoms with E-state index in [-0.39, 0.29) is 11.3 Å². The van der Waals surface area contributed by atoms with E-state index < -0.39 is 0 Å². The molecule has 1 aliphatic rings. The van der Waals surface area contributed by atoms with Crippen LogP contribution in [0.4, 0.5) is 0 Å². The Morgan fingerprint density at radius 1 is 1.25 bits per heavy atom. The molecule has 0 unspecified atom stereocenters. The van der Waals surface area contributed by atoms with E-state index in [9.17, 15) is 4.79 Å². The Kier molecular flexibility index (Phi) is 7.19. The van der Waals surface area contributed by atoms with E-state index in [0.29, 0.717) is 6.54 Å². The lowest BCUT2D eigenvalue weighted by Gasteiger charge is -2.33. The molecule has 0 bridgehead atoms. The molecule has 1 fully saturated rings. The number of amides is 1. The zero-order valence-electron chi connectivity index (χ0n) is 15.6. The van der Waals surface area contributed by atoms with E-state index in [4.69, 9.17) is 4.98 Å². The van der Waals surface area contributed by atoms with Gasteiger partial charge in [-0.25, -0.2) is 4.98 Å². The van der Waals surface area contributed by atoms with Gasteiger partial charge < -0.3 is 5.32 Å². The molecule has 0 spiro atoms. The molecule has 0 aromatic carbocycles. The molecule has 1 aromatic heterocycles. The van der Waals surface area contributed by atoms with Gasteiger partial charge in [0.2, 0.25) is 5.91 Å². The largest absolute Gasteiger partial charge is 0.355 e. The molecule has 0 saturated carbocycles. The number of hydrogen-bond donors (Lipinski definition) is 1. The predicted octanol–water partition coefficient (Wildman–Crippen LogP) is 2.47. The van der Waals surface area contributed by atoms with Crippen LogP contribution in [0, 0.1) is 0 Å². The number of nitrogens with one attached hydrogen (secondary N) is 1. The number of carbonyl (C=O) groups excluding carboxylic acids is 1. The van der Waals surface area contributed by atoms with Gasteiger partial charge in [-0.05, 0) is 6.42 Å². The molecule has 24 heavy (non-hydrogen) atoms. The van der Waals surface area contributed by atoms with Crippen molar-refractivity contribution in [3.05, 3.63) is 16.1 Å². The number of nitrogens with zero attached hydrogens (tertiary/aromatic N) is 3. The second kappa shape index (κ2) is 8.92. The highest BCUT2D eigenvalue weighted by Gasteiger charge is 2.21. The summed E-state index contributed by atoms with van der Waals surface area (Å²) in [6.45, 7) is 14.9. The van der Waals surface area contributed by atoms with Crippen LogP contribution in [0.5, 0.6) is 0 Å². The molecule has 6 heteroatoms. The fraction of sp³-hybridized carbons (Fsp3) is 0.778. The summed E-state index contributed by atoms with van der Waals surface area (Å²) in [5.41, 5.74) is 1.31. The maximum Gasteiger partial charge on any atom is 0.234 e. The maximum absolute atomic E-state index is 11.9. The average Bonchev–Trinajstić information content (AvgIpc) is 2.98. The molecule has 1 N–H and O–H groups in total. The van der Waals surface area contributed by atoms with E-state index in [1.807, 2.05) is 0 Å². The lowest BCUT2D eigenvalue weighted by molar-refractivity contribution is -0.122. The van der Waals surface area contributed by atoms with Gasteiger partial charge in [0.1, 0.15) is 0 Å². The van der Waals surface area contributed by atoms with Crippen molar-refractivity contribution < 1.29 is 4.79 Å². The van der Waals surface area contributed by atoms with Crippen molar-refractivity contribution in [3.63, 3.8) is 0 Å². The van der Waals surface area contributed by atoms with Crippen LogP contribution in [0.1, 0.15) is 51.2 Å². The molecule has 1 saturated heterocycles. The number of piperazine rings is 1. The molecule has 5 nitrogen and oxygen atoms in total. The van der Waals surface area contributed by atoms with Crippen molar-refractivity contribution in [2.45, 2.75) is 52.5 Å². The Morgan fingerprint density at radius 2 is 1.92 bits per heavy atom. The van der Waals surface area contributed by atoms with Crippen LogP contribution < -0.4 is 5.32 Å². The van der Waals surface area contributed by atoms with Gasteiger partial charge in [-0.2, -0.15) is 0 Å². The molecular weight excluding hydrogens is 320 g/mol. The van der Waals surface area contributed by atoms with Gasteiger partial charge >= 0.3 is 0 Å². The van der Waals surface area contributed by atoms with Crippen molar-refractivity contribution in [1.29, 1.82) is 0 Å². The molecule has 0 aliphatic carbocycles. The number of thiazole rings is 1. The summed E-state index contributed by atoms with van der Waals surface area (Å²) in [6, 6.07) is 0. The van der Waals surface area contributed by atoms with Gasteiger partial charge in [-0.3, -0.25) is 14.6 Å². The van der Waals surface area contributed by atoms with Crippen LogP contribution in [0.25, 0.3) is 0 Å². The first-order valence-electron chi connectivity index (χ1n) is 9.04. The van der Waals surface area contributed by atoms with E-state index in [1.54, 1.807) is 11.3 Å². The highest BCUT2D eigenvalue weighted by Crippen LogP contribution is 2.26. The minimum Gasteiger partial charge on any atom is -0.355 e. The average molecular weight is 353 g/mol. The monoisotopic (exact) mass is 352 g/mol. The van der Waals surface area contributed by atoms with Crippen LogP contribution in [0.15, 0.2) is 5.38 Å². The lowest BCUT2D eigenvalue weighted by Crippen LogP contribution is -2.49. The molecule has 2 rings (SSSR count). The highest BCUT2D eigenvalue weighted by atomic mass is 32.1. The molecule has 1 aromatic rings. The minimum absolute atomic E-state index is 0.132. The van der Waals surface area contributed by atoms with Crippen LogP contribution in [-0.2, 0) is 16.8 Å². The number of carbonyl (C=O) groups is 1. The van der Waals surface area contributed by atoms with E-state index >= 15 is 0 Å². The fourth-order valence-corrected chi connectivity index (χ4v) is 3.62. The van der Waals surface area contributed by atoms with Crippen molar-refractivity contribution >= 4 is 17.2 Å². The van der Waals surface area contributed by atoms with Gasteiger partial charge in [-0.1, -0.05) is 34.1 Å². The summed E-state index contributed by atoms with van der Waals surface area (Å²) in [6.07, 6.45) is 2.18. The van der Waals surface area contributed by atoms with Crippen LogP contribution in [-0.4, -0.2) is 60.0 Å². The summed E-state index contributed by atoms with van der Waals surface area (Å²) in [5, 5.41) is 6.39. The Morgan fingerprint density at radius 3 is 2.50 bits per heavy atom. The number of rotatable bonds is 7. The minimum atomic E-state index is 0.132. The molecule has 0 radical (unpaired) electrons. The Hall–Kier alpha value is -0.980. The van der Waals surface area contributed by atoms with Crippen molar-refractivity contribution in [3.8, 4) is 0 Å². The van der Waals surface area contributed by atoms with E-state index in [0.717, 1.165) is 52.1 Å². The third-order valence-electron chi connectivity index (χ3n) is 4.26. The molecule has 2 heterocycles. The molecule has 1 amide bonds. The predicted molar refractivity (Wildman–Crippen MR) is 100 cm³/mol. The van der Waals surface area contributed by atoms with Crippen molar-refractivity contribution in [2.75, 3.05) is 39.3 Å². The van der Waals surface area contributed by atoms with Crippen LogP contribution >= 0.6 is 11.3 Å². The number of hydrogen-bond acceptors (Lipinski definition) is 5. The van der Waals surface area contributed by atoms with Gasteiger partial charge in [-0.15, -0.1) is 11.3 Å². The van der Waals surface area contributed by atoms with Crippen LogP contribution in [0.2, 0.25) is 0 Å². The zero-order valence-corrected chi connectivity index (χ0v) is 16.4. The summed E-state index contributed by atoms with van der Waals surface area (Å²) in [5.74, 6) is 0.159. The first-order chi connectivity index (χ1) is 11.4. The quantitative estimate of drug-likeness (QED) is 0.766. The van der Waals surface area contributed by atoms with Crippen molar-refractivity contribution in [2.24, 2.45) is 0 Å². The molecular formula is C18H32N4OS. The number of unbranched alkanes of at least 4 members (excludes halogenated alkanes) is 1. The van der Waals surface area contributed by atoms with Crippen molar-refractivity contribution in [1.82, 2.24) is 20.1 Å². The second-order valence-corrected chi connectivity index (χ2v) is 8.51. The SMILES string of the molecule is CCCCNC(=O)CN1CCN(Cc2csc(C(C)(C)C)n2)CC1. The maximum atomic E-state index is 11.9. The third kappa shape index (κ3) is 6.15. The summed E-state index contributed by atoms with van der Waals surface area (Å²) < 4.78 is 0. The number of aromatic nitrogens is 1. The molecule has 136 valence electrons. The first-order valence-corrected chi connectivity index (χ1v) is 9.92. The summed E-state index contributed by atoms with van der Waals surface area (Å²) in [7, 11) is 0. The zero-order chi connectivity index (χ0) is 17.6. The third-order valence-corrected chi connectivity index (χ3v) is 5.58. The lowest BCUT2D eigenvalue weighted by atomic mass is 9.98. The first kappa shape index (κ1) is 19.3. The standard InChI is InChI=1S/C18H32N4OS/c1-5-6-7-19-16(23)13-22-10-8-21(9-11-22)12-15-14-24-17(20-15)18(2,3)4/h14H,5-13H2,1-4H3,(H,19,23).